The highest BCUT2D eigenvalue weighted by Gasteiger charge is 2.44. The Morgan fingerprint density at radius 3 is 2.17 bits per heavy atom. The lowest BCUT2D eigenvalue weighted by Gasteiger charge is -2.27. The van der Waals surface area contributed by atoms with Gasteiger partial charge >= 0.3 is 0 Å². The first kappa shape index (κ1) is 29.3. The van der Waals surface area contributed by atoms with Crippen molar-refractivity contribution in [1.82, 2.24) is 20.3 Å². The van der Waals surface area contributed by atoms with Crippen molar-refractivity contribution in [1.29, 1.82) is 0 Å². The van der Waals surface area contributed by atoms with Crippen molar-refractivity contribution < 1.29 is 19.2 Å². The van der Waals surface area contributed by atoms with Gasteiger partial charge in [0.2, 0.25) is 0 Å². The van der Waals surface area contributed by atoms with Crippen LogP contribution in [0.3, 0.4) is 0 Å². The van der Waals surface area contributed by atoms with E-state index in [0.717, 1.165) is 0 Å². The minimum absolute atomic E-state index is 0.00389. The highest BCUT2D eigenvalue weighted by molar-refractivity contribution is 6.18. The van der Waals surface area contributed by atoms with Crippen LogP contribution in [0.4, 0.5) is 0 Å². The number of carbonyl (C=O) groups excluding carboxylic acids is 4. The van der Waals surface area contributed by atoms with E-state index in [1.165, 1.54) is 12.4 Å². The number of amides is 1. The molecule has 0 spiro atoms. The quantitative estimate of drug-likeness (QED) is 0.176. The summed E-state index contributed by atoms with van der Waals surface area (Å²) in [5.41, 5.74) is 11.9. The molecule has 4 rings (SSSR count). The number of ketones is 3. The summed E-state index contributed by atoms with van der Waals surface area (Å²) in [6.07, 6.45) is 2.35. The molecule has 0 aliphatic carbocycles. The Labute approximate surface area is 237 Å². The zero-order chi connectivity index (χ0) is 29.6. The molecule has 1 amide bonds. The van der Waals surface area contributed by atoms with Gasteiger partial charge in [-0.25, -0.2) is 4.98 Å². The maximum atomic E-state index is 13.7. The zero-order valence-electron chi connectivity index (χ0n) is 22.9. The van der Waals surface area contributed by atoms with Crippen molar-refractivity contribution >= 4 is 34.3 Å². The summed E-state index contributed by atoms with van der Waals surface area (Å²) in [6.45, 7) is 3.75. The van der Waals surface area contributed by atoms with Crippen molar-refractivity contribution in [3.8, 4) is 0 Å². The Balaban J connectivity index is 1.53. The number of para-hydroxylation sites is 2. The lowest BCUT2D eigenvalue weighted by molar-refractivity contribution is -0.137. The number of fused-ring (bicyclic) bond motifs is 1. The summed E-state index contributed by atoms with van der Waals surface area (Å²) in [7, 11) is 0. The van der Waals surface area contributed by atoms with Crippen LogP contribution in [0.15, 0.2) is 85.2 Å². The fourth-order valence-corrected chi connectivity index (χ4v) is 4.49. The van der Waals surface area contributed by atoms with Gasteiger partial charge in [-0.1, -0.05) is 62.4 Å². The van der Waals surface area contributed by atoms with Crippen LogP contribution in [0.25, 0.3) is 11.0 Å². The Hall–Kier alpha value is -4.67. The number of hydrogen-bond donors (Lipinski definition) is 3. The normalized spacial score (nSPS) is 13.0. The lowest BCUT2D eigenvalue weighted by Crippen LogP contribution is -2.64. The molecule has 2 atom stereocenters. The zero-order valence-corrected chi connectivity index (χ0v) is 22.9. The van der Waals surface area contributed by atoms with Crippen LogP contribution >= 0.6 is 0 Å². The van der Waals surface area contributed by atoms with E-state index in [1.54, 1.807) is 66.7 Å². The number of pyridine rings is 1. The molecule has 0 saturated carbocycles. The first-order valence-electron chi connectivity index (χ1n) is 13.2. The maximum Gasteiger partial charge on any atom is 0.272 e. The predicted octanol–water partition coefficient (Wildman–Crippen LogP) is 2.71. The molecule has 10 heteroatoms. The molecule has 210 valence electrons. The van der Waals surface area contributed by atoms with Crippen LogP contribution in [-0.2, 0) is 14.4 Å². The molecule has 5 N–H and O–H groups in total. The fourth-order valence-electron chi connectivity index (χ4n) is 4.49. The van der Waals surface area contributed by atoms with E-state index in [1.807, 2.05) is 19.9 Å². The molecular formula is C31H32N6O4. The van der Waals surface area contributed by atoms with Gasteiger partial charge in [0.05, 0.1) is 41.3 Å². The third kappa shape index (κ3) is 6.92. The van der Waals surface area contributed by atoms with Gasteiger partial charge in [0, 0.05) is 6.20 Å². The topological polar surface area (TPSA) is 171 Å². The van der Waals surface area contributed by atoms with Gasteiger partial charge in [0.1, 0.15) is 5.69 Å². The Morgan fingerprint density at radius 1 is 0.854 bits per heavy atom. The highest BCUT2D eigenvalue weighted by atomic mass is 16.2. The number of nitrogens with zero attached hydrogens (tertiary/aromatic N) is 3. The van der Waals surface area contributed by atoms with Crippen molar-refractivity contribution in [2.75, 3.05) is 0 Å². The molecule has 4 aromatic rings. The van der Waals surface area contributed by atoms with Gasteiger partial charge in [0.25, 0.3) is 5.91 Å². The first-order chi connectivity index (χ1) is 19.6. The number of benzene rings is 2. The number of nitrogens with two attached hydrogens (primary N) is 2. The van der Waals surface area contributed by atoms with E-state index in [2.05, 4.69) is 20.3 Å². The van der Waals surface area contributed by atoms with Gasteiger partial charge in [-0.3, -0.25) is 29.1 Å². The predicted molar refractivity (Wildman–Crippen MR) is 154 cm³/mol. The third-order valence-corrected chi connectivity index (χ3v) is 6.66. The van der Waals surface area contributed by atoms with Gasteiger partial charge in [-0.05, 0) is 42.2 Å². The molecule has 2 aromatic heterocycles. The molecule has 0 aliphatic heterocycles. The van der Waals surface area contributed by atoms with Crippen molar-refractivity contribution in [3.63, 3.8) is 0 Å². The number of rotatable bonds is 12. The Kier molecular flexibility index (Phi) is 9.06. The standard InChI is InChI=1S/C31H32N6O4/c1-19(2)16-24(37-30(41)25-18-35-21-12-6-7-13-22(21)36-25)26(38)17-27(39)31(32,33)29(40)28(20-10-4-3-5-11-20)23-14-8-9-15-34-23/h3-15,18-19,24,28H,16-17,32-33H2,1-2H3,(H,37,41)/t24-,28?/m0/s1. The van der Waals surface area contributed by atoms with E-state index in [0.29, 0.717) is 22.3 Å². The summed E-state index contributed by atoms with van der Waals surface area (Å²) in [4.78, 5) is 66.2. The third-order valence-electron chi connectivity index (χ3n) is 6.66. The van der Waals surface area contributed by atoms with E-state index in [9.17, 15) is 19.2 Å². The summed E-state index contributed by atoms with van der Waals surface area (Å²) in [5, 5.41) is 2.67. The average Bonchev–Trinajstić information content (AvgIpc) is 2.97. The van der Waals surface area contributed by atoms with E-state index >= 15 is 0 Å². The maximum absolute atomic E-state index is 13.7. The molecule has 41 heavy (non-hydrogen) atoms. The largest absolute Gasteiger partial charge is 0.341 e. The monoisotopic (exact) mass is 552 g/mol. The van der Waals surface area contributed by atoms with Crippen LogP contribution in [0, 0.1) is 5.92 Å². The number of hydrogen-bond acceptors (Lipinski definition) is 9. The van der Waals surface area contributed by atoms with Gasteiger partial charge in [-0.2, -0.15) is 0 Å². The van der Waals surface area contributed by atoms with Gasteiger partial charge in [-0.15, -0.1) is 0 Å². The molecule has 0 fully saturated rings. The van der Waals surface area contributed by atoms with E-state index < -0.39 is 47.3 Å². The number of carbonyl (C=O) groups is 4. The smallest absolute Gasteiger partial charge is 0.272 e. The molecule has 0 saturated heterocycles. The average molecular weight is 553 g/mol. The summed E-state index contributed by atoms with van der Waals surface area (Å²) in [6, 6.07) is 19.8. The van der Waals surface area contributed by atoms with Crippen molar-refractivity contribution in [3.05, 3.63) is 102 Å². The Morgan fingerprint density at radius 2 is 1.51 bits per heavy atom. The van der Waals surface area contributed by atoms with Gasteiger partial charge < -0.3 is 16.8 Å². The molecule has 0 bridgehead atoms. The molecule has 0 radical (unpaired) electrons. The first-order valence-corrected chi connectivity index (χ1v) is 13.2. The second-order valence-electron chi connectivity index (χ2n) is 10.3. The minimum Gasteiger partial charge on any atom is -0.341 e. The molecule has 2 heterocycles. The van der Waals surface area contributed by atoms with E-state index in [-0.39, 0.29) is 18.0 Å². The van der Waals surface area contributed by atoms with Gasteiger partial charge in [0.15, 0.2) is 23.0 Å². The van der Waals surface area contributed by atoms with Crippen LogP contribution in [-0.4, -0.2) is 49.9 Å². The second kappa shape index (κ2) is 12.7. The van der Waals surface area contributed by atoms with E-state index in [4.69, 9.17) is 11.5 Å². The van der Waals surface area contributed by atoms with Crippen LogP contribution in [0.1, 0.15) is 54.4 Å². The van der Waals surface area contributed by atoms with Crippen molar-refractivity contribution in [2.45, 2.75) is 44.3 Å². The number of aromatic nitrogens is 3. The summed E-state index contributed by atoms with van der Waals surface area (Å²) < 4.78 is 0. The summed E-state index contributed by atoms with van der Waals surface area (Å²) in [5.74, 6) is -4.02. The van der Waals surface area contributed by atoms with Crippen molar-refractivity contribution in [2.24, 2.45) is 17.4 Å². The molecule has 0 aliphatic rings. The lowest BCUT2D eigenvalue weighted by atomic mass is 9.82. The molecule has 10 nitrogen and oxygen atoms in total. The summed E-state index contributed by atoms with van der Waals surface area (Å²) >= 11 is 0. The number of Topliss-reactive ketones (excluding diaryl/α,β-unsaturated/α-hetero) is 3. The molecular weight excluding hydrogens is 520 g/mol. The SMILES string of the molecule is CC(C)C[C@H](NC(=O)c1cnc2ccccc2n1)C(=O)CC(=O)C(N)(N)C(=O)C(c1ccccc1)c1ccccn1. The molecule has 2 aromatic carbocycles. The Bertz CT molecular complexity index is 1520. The molecule has 1 unspecified atom stereocenters. The van der Waals surface area contributed by atoms with Crippen LogP contribution < -0.4 is 16.8 Å². The van der Waals surface area contributed by atoms with Crippen LogP contribution in [0.2, 0.25) is 0 Å². The highest BCUT2D eigenvalue weighted by Crippen LogP contribution is 2.27. The minimum atomic E-state index is -2.48. The number of nitrogens with one attached hydrogen (secondary N) is 1. The van der Waals surface area contributed by atoms with Crippen LogP contribution in [0.5, 0.6) is 0 Å². The second-order valence-corrected chi connectivity index (χ2v) is 10.3. The fraction of sp³-hybridized carbons (Fsp3) is 0.258.